The van der Waals surface area contributed by atoms with Crippen molar-refractivity contribution in [2.24, 2.45) is 0 Å². The molecule has 3 atom stereocenters. The van der Waals surface area contributed by atoms with Crippen LogP contribution in [0.5, 0.6) is 0 Å². The van der Waals surface area contributed by atoms with Crippen molar-refractivity contribution in [3.8, 4) is 0 Å². The van der Waals surface area contributed by atoms with E-state index < -0.39 is 12.1 Å². The molecule has 3 heterocycles. The lowest BCUT2D eigenvalue weighted by molar-refractivity contribution is -0.136. The molecular formula is C20H26N2O3. The van der Waals surface area contributed by atoms with Crippen LogP contribution in [0.25, 0.3) is 0 Å². The number of ether oxygens (including phenoxy) is 1. The van der Waals surface area contributed by atoms with Gasteiger partial charge in [-0.15, -0.1) is 0 Å². The van der Waals surface area contributed by atoms with Crippen LogP contribution in [0.4, 0.5) is 0 Å². The Morgan fingerprint density at radius 1 is 1.24 bits per heavy atom. The molecule has 1 amide bonds. The van der Waals surface area contributed by atoms with Gasteiger partial charge in [-0.3, -0.25) is 4.79 Å². The van der Waals surface area contributed by atoms with Gasteiger partial charge in [-0.25, -0.2) is 5.01 Å². The molecule has 1 aromatic carbocycles. The van der Waals surface area contributed by atoms with E-state index in [1.54, 1.807) is 16.2 Å². The predicted octanol–water partition coefficient (Wildman–Crippen LogP) is 2.62. The topological polar surface area (TPSA) is 53.0 Å². The Morgan fingerprint density at radius 2 is 1.92 bits per heavy atom. The van der Waals surface area contributed by atoms with Gasteiger partial charge in [0.05, 0.1) is 12.7 Å². The third-order valence-corrected chi connectivity index (χ3v) is 5.63. The van der Waals surface area contributed by atoms with E-state index in [9.17, 15) is 9.90 Å². The van der Waals surface area contributed by atoms with Crippen LogP contribution in [-0.4, -0.2) is 39.9 Å². The largest absolute Gasteiger partial charge is 0.492 e. The highest BCUT2D eigenvalue weighted by Crippen LogP contribution is 2.40. The Balaban J connectivity index is 1.80. The summed E-state index contributed by atoms with van der Waals surface area (Å²) in [4.78, 5) is 13.2. The number of aryl methyl sites for hydroxylation is 3. The number of allylic oxidation sites excluding steroid dienone is 1. The SMILES string of the molecule is CCc1cc(C)cc(CC)c1C1C(=O)N2C=C3CCC(CN2C1O)O3. The van der Waals surface area contributed by atoms with Crippen molar-refractivity contribution in [1.82, 2.24) is 10.0 Å². The quantitative estimate of drug-likeness (QED) is 0.917. The predicted molar refractivity (Wildman–Crippen MR) is 94.4 cm³/mol. The van der Waals surface area contributed by atoms with E-state index in [0.29, 0.717) is 6.54 Å². The molecule has 5 heteroatoms. The fourth-order valence-corrected chi connectivity index (χ4v) is 4.44. The Hall–Kier alpha value is -1.85. The van der Waals surface area contributed by atoms with Crippen LogP contribution in [0.15, 0.2) is 24.1 Å². The minimum atomic E-state index is -0.842. The summed E-state index contributed by atoms with van der Waals surface area (Å²) >= 11 is 0. The zero-order valence-corrected chi connectivity index (χ0v) is 15.2. The van der Waals surface area contributed by atoms with Crippen molar-refractivity contribution in [2.75, 3.05) is 6.54 Å². The lowest BCUT2D eigenvalue weighted by Crippen LogP contribution is -2.43. The molecule has 2 fully saturated rings. The monoisotopic (exact) mass is 342 g/mol. The first-order valence-electron chi connectivity index (χ1n) is 9.30. The summed E-state index contributed by atoms with van der Waals surface area (Å²) in [7, 11) is 0. The number of benzene rings is 1. The van der Waals surface area contributed by atoms with Gasteiger partial charge in [-0.1, -0.05) is 31.5 Å². The number of amides is 1. The number of hydrogen-bond donors (Lipinski definition) is 1. The molecule has 0 saturated carbocycles. The second kappa shape index (κ2) is 6.15. The molecule has 0 aromatic heterocycles. The number of aliphatic hydroxyl groups excluding tert-OH is 1. The first kappa shape index (κ1) is 16.6. The fourth-order valence-electron chi connectivity index (χ4n) is 4.44. The number of nitrogens with zero attached hydrogens (tertiary/aromatic N) is 2. The lowest BCUT2D eigenvalue weighted by atomic mass is 9.85. The van der Waals surface area contributed by atoms with Crippen molar-refractivity contribution < 1.29 is 14.6 Å². The standard InChI is InChI=1S/C20H26N2O3/c1-4-13-8-12(3)9-14(5-2)17(13)18-19(23)21-10-15-6-7-16(25-15)11-22(21)20(18)24/h8-10,16,18,20,24H,4-7,11H2,1-3H3. The summed E-state index contributed by atoms with van der Waals surface area (Å²) in [6.45, 7) is 6.86. The Kier molecular flexibility index (Phi) is 4.08. The van der Waals surface area contributed by atoms with Gasteiger partial charge in [0.2, 0.25) is 0 Å². The second-order valence-electron chi connectivity index (χ2n) is 7.27. The molecule has 1 N–H and O–H groups in total. The smallest absolute Gasteiger partial charge is 0.252 e. The fraction of sp³-hybridized carbons (Fsp3) is 0.550. The minimum Gasteiger partial charge on any atom is -0.492 e. The van der Waals surface area contributed by atoms with E-state index in [-0.39, 0.29) is 12.0 Å². The Labute approximate surface area is 148 Å². The van der Waals surface area contributed by atoms with Gasteiger partial charge in [0.15, 0.2) is 0 Å². The molecule has 2 bridgehead atoms. The molecule has 0 radical (unpaired) electrons. The molecule has 3 unspecified atom stereocenters. The first-order chi connectivity index (χ1) is 12.0. The van der Waals surface area contributed by atoms with Gasteiger partial charge in [-0.2, -0.15) is 5.01 Å². The van der Waals surface area contributed by atoms with E-state index in [0.717, 1.165) is 37.0 Å². The van der Waals surface area contributed by atoms with Gasteiger partial charge in [0.1, 0.15) is 24.0 Å². The summed E-state index contributed by atoms with van der Waals surface area (Å²) in [5, 5.41) is 14.4. The van der Waals surface area contributed by atoms with Crippen LogP contribution in [0.3, 0.4) is 0 Å². The number of rotatable bonds is 3. The van der Waals surface area contributed by atoms with E-state index in [1.807, 2.05) is 0 Å². The van der Waals surface area contributed by atoms with Crippen LogP contribution in [0, 0.1) is 6.92 Å². The molecule has 25 heavy (non-hydrogen) atoms. The van der Waals surface area contributed by atoms with Gasteiger partial charge >= 0.3 is 0 Å². The molecule has 4 rings (SSSR count). The zero-order chi connectivity index (χ0) is 17.7. The highest BCUT2D eigenvalue weighted by molar-refractivity contribution is 5.87. The average molecular weight is 342 g/mol. The summed E-state index contributed by atoms with van der Waals surface area (Å²) in [6, 6.07) is 4.30. The van der Waals surface area contributed by atoms with Gasteiger partial charge < -0.3 is 9.84 Å². The maximum absolute atomic E-state index is 13.2. The van der Waals surface area contributed by atoms with Crippen LogP contribution in [0.1, 0.15) is 54.9 Å². The normalized spacial score (nSPS) is 28.6. The molecule has 0 aliphatic carbocycles. The van der Waals surface area contributed by atoms with Gasteiger partial charge in [-0.05, 0) is 42.9 Å². The van der Waals surface area contributed by atoms with E-state index in [1.165, 1.54) is 16.7 Å². The molecule has 0 spiro atoms. The number of aliphatic hydroxyl groups is 1. The van der Waals surface area contributed by atoms with Crippen molar-refractivity contribution in [3.05, 3.63) is 46.3 Å². The molecule has 3 aliphatic heterocycles. The summed E-state index contributed by atoms with van der Waals surface area (Å²) in [6.07, 6.45) is 4.53. The number of carbonyl (C=O) groups excluding carboxylic acids is 1. The first-order valence-corrected chi connectivity index (χ1v) is 9.30. The summed E-state index contributed by atoms with van der Waals surface area (Å²) in [5.41, 5.74) is 4.56. The van der Waals surface area contributed by atoms with Crippen LogP contribution < -0.4 is 0 Å². The minimum absolute atomic E-state index is 0.0515. The highest BCUT2D eigenvalue weighted by Gasteiger charge is 2.50. The molecule has 1 aromatic rings. The lowest BCUT2D eigenvalue weighted by Gasteiger charge is -2.27. The van der Waals surface area contributed by atoms with Crippen LogP contribution in [0.2, 0.25) is 0 Å². The van der Waals surface area contributed by atoms with E-state index >= 15 is 0 Å². The third kappa shape index (κ3) is 2.57. The van der Waals surface area contributed by atoms with Crippen LogP contribution in [-0.2, 0) is 22.4 Å². The zero-order valence-electron chi connectivity index (χ0n) is 15.2. The van der Waals surface area contributed by atoms with Crippen LogP contribution >= 0.6 is 0 Å². The van der Waals surface area contributed by atoms with Crippen molar-refractivity contribution in [3.63, 3.8) is 0 Å². The van der Waals surface area contributed by atoms with Gasteiger partial charge in [0.25, 0.3) is 5.91 Å². The molecular weight excluding hydrogens is 316 g/mol. The highest BCUT2D eigenvalue weighted by atomic mass is 16.5. The number of hydrogen-bond acceptors (Lipinski definition) is 4. The van der Waals surface area contributed by atoms with Crippen molar-refractivity contribution >= 4 is 5.91 Å². The second-order valence-corrected chi connectivity index (χ2v) is 7.27. The average Bonchev–Trinajstić information content (AvgIpc) is 3.04. The molecule has 3 aliphatic rings. The third-order valence-electron chi connectivity index (χ3n) is 5.63. The summed E-state index contributed by atoms with van der Waals surface area (Å²) < 4.78 is 5.82. The number of fused-ring (bicyclic) bond motifs is 3. The van der Waals surface area contributed by atoms with Crippen molar-refractivity contribution in [1.29, 1.82) is 0 Å². The maximum Gasteiger partial charge on any atom is 0.252 e. The number of hydrazine groups is 1. The molecule has 5 nitrogen and oxygen atoms in total. The number of carbonyl (C=O) groups is 1. The molecule has 2 saturated heterocycles. The van der Waals surface area contributed by atoms with E-state index in [2.05, 4.69) is 32.9 Å². The Morgan fingerprint density at radius 3 is 2.56 bits per heavy atom. The van der Waals surface area contributed by atoms with Crippen molar-refractivity contribution in [2.45, 2.75) is 64.7 Å². The van der Waals surface area contributed by atoms with Gasteiger partial charge in [0, 0.05) is 6.42 Å². The maximum atomic E-state index is 13.2. The molecule has 134 valence electrons. The van der Waals surface area contributed by atoms with E-state index in [4.69, 9.17) is 4.74 Å². The summed E-state index contributed by atoms with van der Waals surface area (Å²) in [5.74, 6) is 0.272. The Bertz CT molecular complexity index is 717.